The van der Waals surface area contributed by atoms with E-state index in [0.717, 1.165) is 5.56 Å². The Hall–Kier alpha value is -6.63. The van der Waals surface area contributed by atoms with Crippen LogP contribution < -0.4 is 23.7 Å². The number of ether oxygens (including phenoxy) is 7. The zero-order valence-electron chi connectivity index (χ0n) is 37.0. The second kappa shape index (κ2) is 25.3. The van der Waals surface area contributed by atoms with E-state index < -0.39 is 10.1 Å². The number of aryl methyl sites for hydroxylation is 1. The molecular weight excluding hydrogens is 901 g/mol. The highest BCUT2D eigenvalue weighted by Crippen LogP contribution is 2.27. The smallest absolute Gasteiger partial charge is 0.332 e. The summed E-state index contributed by atoms with van der Waals surface area (Å²) in [7, 11) is -0.500. The van der Waals surface area contributed by atoms with Gasteiger partial charge in [-0.2, -0.15) is 27.3 Å². The monoisotopic (exact) mass is 952 g/mol. The molecule has 3 N–H and O–H groups in total. The van der Waals surface area contributed by atoms with Crippen molar-refractivity contribution in [3.05, 3.63) is 123 Å². The van der Waals surface area contributed by atoms with Gasteiger partial charge in [0.15, 0.2) is 23.0 Å². The standard InChI is InChI=1S/C19H22N2O7.C14H22O6S.C12H8N2O4/c1-25-8-9-26-10-11-27-12-13-28-17-7-3-5-15-19(17)21(24)14-4-2-6-16(22)18(14)20(15)23;1-13-3-5-14(6-4-13)21(15,16)20-12-11-19-10-9-18-8-7-17-2;15-9-5-1-3-7-11(9)14(18)8-4-2-6-10(16)12(8)13(7)17/h2-7,22H,8-13H2,1H3;3-6H,7-12H2,1-2H3;1-6,15-16H. The van der Waals surface area contributed by atoms with Crippen LogP contribution in [-0.2, 0) is 42.7 Å². The zero-order chi connectivity index (χ0) is 48.3. The predicted octanol–water partition coefficient (Wildman–Crippen LogP) is 3.07. The van der Waals surface area contributed by atoms with E-state index in [2.05, 4.69) is 0 Å². The summed E-state index contributed by atoms with van der Waals surface area (Å²) >= 11 is 0. The van der Waals surface area contributed by atoms with Crippen LogP contribution >= 0.6 is 0 Å². The van der Waals surface area contributed by atoms with Crippen LogP contribution in [0.1, 0.15) is 5.56 Å². The normalized spacial score (nSPS) is 11.4. The van der Waals surface area contributed by atoms with Gasteiger partial charge in [-0.15, -0.1) is 0 Å². The molecule has 0 bridgehead atoms. The molecule has 360 valence electrons. The van der Waals surface area contributed by atoms with Crippen LogP contribution in [0.15, 0.2) is 102 Å². The summed E-state index contributed by atoms with van der Waals surface area (Å²) < 4.78 is 67.0. The van der Waals surface area contributed by atoms with Crippen molar-refractivity contribution < 1.29 is 80.0 Å². The van der Waals surface area contributed by atoms with Crippen LogP contribution in [0, 0.1) is 27.8 Å². The first kappa shape index (κ1) is 51.4. The topological polar surface area (TPSA) is 276 Å². The number of aromatic hydroxyl groups is 3. The molecule has 0 unspecified atom stereocenters. The van der Waals surface area contributed by atoms with E-state index >= 15 is 0 Å². The van der Waals surface area contributed by atoms with Crippen LogP contribution in [0.25, 0.3) is 44.1 Å². The Morgan fingerprint density at radius 1 is 0.448 bits per heavy atom. The lowest BCUT2D eigenvalue weighted by molar-refractivity contribution is -0.591. The second-order valence-electron chi connectivity index (χ2n) is 14.1. The van der Waals surface area contributed by atoms with Crippen molar-refractivity contribution in [3.63, 3.8) is 0 Å². The molecule has 21 nitrogen and oxygen atoms in total. The number of benzene rings is 5. The minimum absolute atomic E-state index is 0.000926. The predicted molar refractivity (Wildman–Crippen MR) is 241 cm³/mol. The fourth-order valence-corrected chi connectivity index (χ4v) is 7.16. The number of rotatable bonds is 21. The summed E-state index contributed by atoms with van der Waals surface area (Å²) in [4.78, 5) is 0.149. The van der Waals surface area contributed by atoms with Gasteiger partial charge in [0, 0.05) is 38.5 Å². The van der Waals surface area contributed by atoms with E-state index in [1.54, 1.807) is 38.5 Å². The second-order valence-corrected chi connectivity index (χ2v) is 15.7. The minimum atomic E-state index is -3.71. The summed E-state index contributed by atoms with van der Waals surface area (Å²) in [5.74, 6) is -0.552. The fraction of sp³-hybridized carbons (Fsp3) is 0.333. The van der Waals surface area contributed by atoms with E-state index in [9.17, 15) is 44.6 Å². The van der Waals surface area contributed by atoms with Crippen molar-refractivity contribution in [1.82, 2.24) is 0 Å². The van der Waals surface area contributed by atoms with E-state index in [4.69, 9.17) is 37.3 Å². The van der Waals surface area contributed by atoms with Crippen molar-refractivity contribution in [2.45, 2.75) is 11.8 Å². The number of phenolic OH excluding ortho intramolecular Hbond substituents is 3. The molecule has 22 heteroatoms. The van der Waals surface area contributed by atoms with Gasteiger partial charge in [-0.1, -0.05) is 42.0 Å². The van der Waals surface area contributed by atoms with Crippen molar-refractivity contribution in [1.29, 1.82) is 0 Å². The lowest BCUT2D eigenvalue weighted by Crippen LogP contribution is -2.39. The van der Waals surface area contributed by atoms with Crippen LogP contribution in [-0.4, -0.2) is 117 Å². The lowest BCUT2D eigenvalue weighted by atomic mass is 10.2. The summed E-state index contributed by atoms with van der Waals surface area (Å²) in [6.07, 6.45) is 0. The lowest BCUT2D eigenvalue weighted by Gasteiger charge is -2.12. The number of aromatic nitrogens is 4. The van der Waals surface area contributed by atoms with Gasteiger partial charge in [-0.25, -0.2) is 0 Å². The number of methoxy groups -OCH3 is 2. The number of hydrogen-bond acceptors (Lipinski definition) is 17. The molecule has 0 aliphatic rings. The third-order valence-corrected chi connectivity index (χ3v) is 10.8. The van der Waals surface area contributed by atoms with E-state index in [1.807, 2.05) is 6.92 Å². The first-order chi connectivity index (χ1) is 32.3. The third-order valence-electron chi connectivity index (χ3n) is 9.51. The van der Waals surface area contributed by atoms with Gasteiger partial charge in [0.2, 0.25) is 0 Å². The van der Waals surface area contributed by atoms with E-state index in [-0.39, 0.29) is 91.8 Å². The molecule has 0 spiro atoms. The number of fused-ring (bicyclic) bond motifs is 4. The first-order valence-corrected chi connectivity index (χ1v) is 22.1. The fourth-order valence-electron chi connectivity index (χ4n) is 6.27. The molecule has 0 fully saturated rings. The minimum Gasteiger partial charge on any atom is -0.617 e. The molecule has 2 aromatic heterocycles. The molecule has 0 saturated carbocycles. The average Bonchev–Trinajstić information content (AvgIpc) is 3.31. The molecule has 5 aromatic carbocycles. The van der Waals surface area contributed by atoms with Crippen molar-refractivity contribution in [2.24, 2.45) is 0 Å². The molecule has 0 saturated heterocycles. The highest BCUT2D eigenvalue weighted by Gasteiger charge is 2.28. The van der Waals surface area contributed by atoms with Crippen molar-refractivity contribution >= 4 is 54.3 Å². The van der Waals surface area contributed by atoms with Gasteiger partial charge >= 0.3 is 22.1 Å². The highest BCUT2D eigenvalue weighted by molar-refractivity contribution is 7.86. The van der Waals surface area contributed by atoms with E-state index in [0.29, 0.717) is 78.4 Å². The molecule has 0 radical (unpaired) electrons. The Balaban J connectivity index is 0.000000193. The first-order valence-electron chi connectivity index (χ1n) is 20.7. The average molecular weight is 953 g/mol. The van der Waals surface area contributed by atoms with E-state index in [1.165, 1.54) is 72.8 Å². The molecule has 67 heavy (non-hydrogen) atoms. The van der Waals surface area contributed by atoms with Gasteiger partial charge in [0.1, 0.15) is 6.61 Å². The third kappa shape index (κ3) is 13.5. The summed E-state index contributed by atoms with van der Waals surface area (Å²) in [6.45, 7) is 6.34. The van der Waals surface area contributed by atoms with Crippen molar-refractivity contribution in [2.75, 3.05) is 93.5 Å². The van der Waals surface area contributed by atoms with Crippen LogP contribution in [0.3, 0.4) is 0 Å². The van der Waals surface area contributed by atoms with Crippen LogP contribution in [0.2, 0.25) is 0 Å². The van der Waals surface area contributed by atoms with Crippen LogP contribution in [0.5, 0.6) is 23.0 Å². The summed E-state index contributed by atoms with van der Waals surface area (Å²) in [6, 6.07) is 23.9. The van der Waals surface area contributed by atoms with Crippen molar-refractivity contribution in [3.8, 4) is 23.0 Å². The summed E-state index contributed by atoms with van der Waals surface area (Å²) in [5, 5.41) is 78.9. The maximum Gasteiger partial charge on any atom is 0.332 e. The largest absolute Gasteiger partial charge is 0.617 e. The Morgan fingerprint density at radius 3 is 1.21 bits per heavy atom. The SMILES string of the molecule is COCCOCCOCCOS(=O)(=O)c1ccc(C)cc1.COCCOCCOCCOc1cccc2c1[n+]([O-])c1cccc(O)c1[n+]2[O-].[O-][n+]1c2cccc(O)c2[n+]([O-])c2cccc(O)c21. The number of para-hydroxylation sites is 4. The molecule has 7 rings (SSSR count). The Kier molecular flexibility index (Phi) is 19.4. The molecule has 0 aliphatic heterocycles. The van der Waals surface area contributed by atoms with Gasteiger partial charge < -0.3 is 69.3 Å². The Labute approximate surface area is 385 Å². The maximum absolute atomic E-state index is 12.8. The number of hydrogen-bond donors (Lipinski definition) is 3. The van der Waals surface area contributed by atoms with Gasteiger partial charge in [0.25, 0.3) is 32.2 Å². The molecule has 0 atom stereocenters. The Bertz CT molecular complexity index is 2750. The highest BCUT2D eigenvalue weighted by atomic mass is 32.2. The van der Waals surface area contributed by atoms with Crippen LogP contribution in [0.4, 0.5) is 0 Å². The van der Waals surface area contributed by atoms with Gasteiger partial charge in [-0.3, -0.25) is 4.18 Å². The molecular formula is C45H52N4O17S. The molecule has 0 aliphatic carbocycles. The zero-order valence-corrected chi connectivity index (χ0v) is 37.8. The quantitative estimate of drug-likeness (QED) is 0.0307. The molecule has 7 aromatic rings. The molecule has 2 heterocycles. The van der Waals surface area contributed by atoms with Gasteiger partial charge in [0.05, 0.1) is 77.6 Å². The van der Waals surface area contributed by atoms with Gasteiger partial charge in [-0.05, 0) is 43.3 Å². The maximum atomic E-state index is 12.8. The Morgan fingerprint density at radius 2 is 0.791 bits per heavy atom. The summed E-state index contributed by atoms with van der Waals surface area (Å²) in [5.41, 5.74) is 0.925. The molecule has 0 amide bonds. The number of nitrogens with zero attached hydrogens (tertiary/aromatic N) is 4. The number of phenols is 3.